The number of nitrogens with zero attached hydrogens (tertiary/aromatic N) is 1. The number of nitrogens with one attached hydrogen (secondary N) is 1. The van der Waals surface area contributed by atoms with Gasteiger partial charge in [0.1, 0.15) is 6.04 Å². The molecule has 1 aliphatic rings. The highest BCUT2D eigenvalue weighted by molar-refractivity contribution is 5.82. The van der Waals surface area contributed by atoms with E-state index in [4.69, 9.17) is 0 Å². The van der Waals surface area contributed by atoms with E-state index < -0.39 is 12.0 Å². The van der Waals surface area contributed by atoms with Gasteiger partial charge >= 0.3 is 12.0 Å². The Bertz CT molecular complexity index is 314. The number of unbranched alkanes of at least 4 members (excludes halogenated alkanes) is 1. The van der Waals surface area contributed by atoms with Crippen molar-refractivity contribution < 1.29 is 14.7 Å². The number of carbonyl (C=O) groups excluding carboxylic acids is 1. The van der Waals surface area contributed by atoms with Gasteiger partial charge < -0.3 is 15.3 Å². The standard InChI is InChI=1S/C15H28N2O3/c1-3-5-11-13(14(18)19)16-15(20)17(4-2)12-9-7-6-8-10-12/h12-13H,3-11H2,1-2H3,(H,16,20)(H,18,19). The van der Waals surface area contributed by atoms with Gasteiger partial charge in [-0.1, -0.05) is 39.0 Å². The van der Waals surface area contributed by atoms with Crippen LogP contribution in [0, 0.1) is 0 Å². The van der Waals surface area contributed by atoms with Gasteiger partial charge in [-0.2, -0.15) is 0 Å². The first-order valence-electron chi connectivity index (χ1n) is 7.90. The minimum Gasteiger partial charge on any atom is -0.480 e. The summed E-state index contributed by atoms with van der Waals surface area (Å²) >= 11 is 0. The van der Waals surface area contributed by atoms with Crippen LogP contribution in [-0.4, -0.2) is 40.6 Å². The Morgan fingerprint density at radius 1 is 1.25 bits per heavy atom. The minimum absolute atomic E-state index is 0.220. The first kappa shape index (κ1) is 16.8. The Morgan fingerprint density at radius 3 is 2.40 bits per heavy atom. The van der Waals surface area contributed by atoms with Gasteiger partial charge in [-0.25, -0.2) is 9.59 Å². The van der Waals surface area contributed by atoms with Crippen molar-refractivity contribution in [3.8, 4) is 0 Å². The molecule has 0 spiro atoms. The molecule has 0 aromatic carbocycles. The van der Waals surface area contributed by atoms with Crippen molar-refractivity contribution >= 4 is 12.0 Å². The number of carbonyl (C=O) groups is 2. The van der Waals surface area contributed by atoms with E-state index in [1.54, 1.807) is 4.90 Å². The average Bonchev–Trinajstić information content (AvgIpc) is 2.45. The molecule has 1 atom stereocenters. The number of hydrogen-bond acceptors (Lipinski definition) is 2. The summed E-state index contributed by atoms with van der Waals surface area (Å²) in [5.74, 6) is -0.938. The second kappa shape index (κ2) is 8.82. The third kappa shape index (κ3) is 5.02. The molecule has 0 bridgehead atoms. The summed E-state index contributed by atoms with van der Waals surface area (Å²) in [6.45, 7) is 4.60. The third-order valence-electron chi connectivity index (χ3n) is 4.06. The molecule has 116 valence electrons. The molecule has 1 unspecified atom stereocenters. The van der Waals surface area contributed by atoms with Crippen molar-refractivity contribution in [2.24, 2.45) is 0 Å². The molecule has 0 saturated heterocycles. The second-order valence-electron chi connectivity index (χ2n) is 5.56. The average molecular weight is 284 g/mol. The predicted molar refractivity (Wildman–Crippen MR) is 78.7 cm³/mol. The van der Waals surface area contributed by atoms with Crippen LogP contribution >= 0.6 is 0 Å². The number of carboxylic acids is 1. The van der Waals surface area contributed by atoms with Crippen LogP contribution < -0.4 is 5.32 Å². The lowest BCUT2D eigenvalue weighted by Crippen LogP contribution is -2.51. The minimum atomic E-state index is -0.938. The lowest BCUT2D eigenvalue weighted by Gasteiger charge is -2.34. The van der Waals surface area contributed by atoms with Crippen LogP contribution in [0.3, 0.4) is 0 Å². The molecular weight excluding hydrogens is 256 g/mol. The molecular formula is C15H28N2O3. The van der Waals surface area contributed by atoms with Gasteiger partial charge in [0, 0.05) is 12.6 Å². The van der Waals surface area contributed by atoms with Crippen LogP contribution in [0.1, 0.15) is 65.2 Å². The zero-order chi connectivity index (χ0) is 15.0. The van der Waals surface area contributed by atoms with Gasteiger partial charge in [-0.15, -0.1) is 0 Å². The first-order chi connectivity index (χ1) is 9.60. The van der Waals surface area contributed by atoms with E-state index in [1.165, 1.54) is 6.42 Å². The van der Waals surface area contributed by atoms with Crippen LogP contribution in [0.25, 0.3) is 0 Å². The Labute approximate surface area is 121 Å². The highest BCUT2D eigenvalue weighted by atomic mass is 16.4. The summed E-state index contributed by atoms with van der Waals surface area (Å²) in [7, 11) is 0. The smallest absolute Gasteiger partial charge is 0.326 e. The quantitative estimate of drug-likeness (QED) is 0.755. The van der Waals surface area contributed by atoms with Gasteiger partial charge in [0.15, 0.2) is 0 Å². The Kier molecular flexibility index (Phi) is 7.41. The van der Waals surface area contributed by atoms with Crippen molar-refractivity contribution in [3.63, 3.8) is 0 Å². The fourth-order valence-corrected chi connectivity index (χ4v) is 2.86. The fraction of sp³-hybridized carbons (Fsp3) is 0.867. The van der Waals surface area contributed by atoms with E-state index in [9.17, 15) is 14.7 Å². The Morgan fingerprint density at radius 2 is 1.90 bits per heavy atom. The molecule has 2 N–H and O–H groups in total. The molecule has 2 amide bonds. The van der Waals surface area contributed by atoms with E-state index in [0.717, 1.165) is 38.5 Å². The summed E-state index contributed by atoms with van der Waals surface area (Å²) in [5.41, 5.74) is 0. The molecule has 20 heavy (non-hydrogen) atoms. The van der Waals surface area contributed by atoms with Crippen molar-refractivity contribution in [1.29, 1.82) is 0 Å². The number of hydrogen-bond donors (Lipinski definition) is 2. The van der Waals surface area contributed by atoms with E-state index in [1.807, 2.05) is 13.8 Å². The molecule has 0 aromatic rings. The third-order valence-corrected chi connectivity index (χ3v) is 4.06. The maximum absolute atomic E-state index is 12.3. The van der Waals surface area contributed by atoms with Crippen LogP contribution in [-0.2, 0) is 4.79 Å². The van der Waals surface area contributed by atoms with Crippen molar-refractivity contribution in [2.75, 3.05) is 6.54 Å². The lowest BCUT2D eigenvalue weighted by atomic mass is 9.94. The number of urea groups is 1. The zero-order valence-electron chi connectivity index (χ0n) is 12.7. The van der Waals surface area contributed by atoms with Crippen molar-refractivity contribution in [1.82, 2.24) is 10.2 Å². The van der Waals surface area contributed by atoms with Gasteiger partial charge in [0.05, 0.1) is 0 Å². The molecule has 5 heteroatoms. The van der Waals surface area contributed by atoms with E-state index >= 15 is 0 Å². The van der Waals surface area contributed by atoms with E-state index in [-0.39, 0.29) is 12.1 Å². The van der Waals surface area contributed by atoms with Crippen LogP contribution in [0.4, 0.5) is 4.79 Å². The molecule has 0 aliphatic heterocycles. The Hall–Kier alpha value is -1.26. The Balaban J connectivity index is 2.57. The largest absolute Gasteiger partial charge is 0.480 e. The summed E-state index contributed by atoms with van der Waals surface area (Å²) in [6, 6.07) is -0.711. The molecule has 1 fully saturated rings. The monoisotopic (exact) mass is 284 g/mol. The van der Waals surface area contributed by atoms with Crippen LogP contribution in [0.5, 0.6) is 0 Å². The zero-order valence-corrected chi connectivity index (χ0v) is 12.7. The highest BCUT2D eigenvalue weighted by Crippen LogP contribution is 2.22. The molecule has 0 radical (unpaired) electrons. The lowest BCUT2D eigenvalue weighted by molar-refractivity contribution is -0.139. The maximum Gasteiger partial charge on any atom is 0.326 e. The van der Waals surface area contributed by atoms with Gasteiger partial charge in [-0.3, -0.25) is 0 Å². The van der Waals surface area contributed by atoms with E-state index in [0.29, 0.717) is 13.0 Å². The first-order valence-corrected chi connectivity index (χ1v) is 7.90. The van der Waals surface area contributed by atoms with Crippen LogP contribution in [0.15, 0.2) is 0 Å². The SMILES string of the molecule is CCCCC(NC(=O)N(CC)C1CCCCC1)C(=O)O. The van der Waals surface area contributed by atoms with Crippen LogP contribution in [0.2, 0.25) is 0 Å². The second-order valence-corrected chi connectivity index (χ2v) is 5.56. The molecule has 0 aromatic heterocycles. The molecule has 5 nitrogen and oxygen atoms in total. The summed E-state index contributed by atoms with van der Waals surface area (Å²) in [4.78, 5) is 25.3. The van der Waals surface area contributed by atoms with Gasteiger partial charge in [0.2, 0.25) is 0 Å². The van der Waals surface area contributed by atoms with Gasteiger partial charge in [-0.05, 0) is 26.2 Å². The number of rotatable bonds is 7. The summed E-state index contributed by atoms with van der Waals surface area (Å²) in [6.07, 6.45) is 7.87. The molecule has 0 heterocycles. The number of aliphatic carboxylic acids is 1. The molecule has 1 rings (SSSR count). The molecule has 1 saturated carbocycles. The maximum atomic E-state index is 12.3. The van der Waals surface area contributed by atoms with E-state index in [2.05, 4.69) is 5.32 Å². The summed E-state index contributed by atoms with van der Waals surface area (Å²) in [5, 5.41) is 11.9. The predicted octanol–water partition coefficient (Wildman–Crippen LogP) is 2.99. The van der Waals surface area contributed by atoms with Crippen molar-refractivity contribution in [3.05, 3.63) is 0 Å². The topological polar surface area (TPSA) is 69.6 Å². The highest BCUT2D eigenvalue weighted by Gasteiger charge is 2.27. The molecule has 1 aliphatic carbocycles. The fourth-order valence-electron chi connectivity index (χ4n) is 2.86. The normalized spacial score (nSPS) is 17.5. The number of carboxylic acid groups (broad SMARTS) is 1. The number of amides is 2. The van der Waals surface area contributed by atoms with Crippen molar-refractivity contribution in [2.45, 2.75) is 77.3 Å². The van der Waals surface area contributed by atoms with Gasteiger partial charge in [0.25, 0.3) is 0 Å². The summed E-state index contributed by atoms with van der Waals surface area (Å²) < 4.78 is 0.